The minimum Gasteiger partial charge on any atom is -0.481 e. The van der Waals surface area contributed by atoms with Crippen molar-refractivity contribution in [3.05, 3.63) is 30.1 Å². The largest absolute Gasteiger partial charge is 0.481 e. The summed E-state index contributed by atoms with van der Waals surface area (Å²) < 4.78 is 2.06. The fraction of sp³-hybridized carbons (Fsp3) is 0.500. The summed E-state index contributed by atoms with van der Waals surface area (Å²) in [5.41, 5.74) is 2.03. The van der Waals surface area contributed by atoms with Crippen molar-refractivity contribution >= 4 is 17.0 Å². The summed E-state index contributed by atoms with van der Waals surface area (Å²) >= 11 is 0. The SMILES string of the molecule is CCC1CC(C(=O)O)C(c2nc3ccccc3n2C)C1. The molecule has 1 aliphatic carbocycles. The summed E-state index contributed by atoms with van der Waals surface area (Å²) in [5, 5.41) is 9.49. The zero-order valence-electron chi connectivity index (χ0n) is 11.9. The summed E-state index contributed by atoms with van der Waals surface area (Å²) in [4.78, 5) is 16.2. The number of imidazole rings is 1. The van der Waals surface area contributed by atoms with Crippen molar-refractivity contribution < 1.29 is 9.90 Å². The van der Waals surface area contributed by atoms with Crippen molar-refractivity contribution in [2.45, 2.75) is 32.1 Å². The Hall–Kier alpha value is -1.84. The van der Waals surface area contributed by atoms with Gasteiger partial charge in [-0.05, 0) is 30.9 Å². The molecule has 1 heterocycles. The average Bonchev–Trinajstić information content (AvgIpc) is 3.01. The summed E-state index contributed by atoms with van der Waals surface area (Å²) in [6, 6.07) is 7.98. The first-order chi connectivity index (χ1) is 9.61. The summed E-state index contributed by atoms with van der Waals surface area (Å²) in [6.45, 7) is 2.14. The summed E-state index contributed by atoms with van der Waals surface area (Å²) in [7, 11) is 1.99. The van der Waals surface area contributed by atoms with Crippen molar-refractivity contribution in [2.75, 3.05) is 0 Å². The molecule has 3 rings (SSSR count). The molecule has 0 bridgehead atoms. The minimum absolute atomic E-state index is 0.0369. The predicted octanol–water partition coefficient (Wildman–Crippen LogP) is 3.18. The van der Waals surface area contributed by atoms with Crippen LogP contribution in [-0.2, 0) is 11.8 Å². The Kier molecular flexibility index (Phi) is 3.24. The number of carboxylic acid groups (broad SMARTS) is 1. The van der Waals surface area contributed by atoms with Gasteiger partial charge in [0.1, 0.15) is 5.82 Å². The van der Waals surface area contributed by atoms with Crippen LogP contribution in [0.5, 0.6) is 0 Å². The maximum atomic E-state index is 11.5. The Bertz CT molecular complexity index is 647. The van der Waals surface area contributed by atoms with E-state index in [2.05, 4.69) is 11.5 Å². The number of hydrogen-bond donors (Lipinski definition) is 1. The number of rotatable bonds is 3. The van der Waals surface area contributed by atoms with Gasteiger partial charge in [-0.15, -0.1) is 0 Å². The van der Waals surface area contributed by atoms with E-state index in [0.717, 1.165) is 36.1 Å². The highest BCUT2D eigenvalue weighted by Crippen LogP contribution is 2.44. The average molecular weight is 272 g/mol. The number of nitrogens with zero attached hydrogens (tertiary/aromatic N) is 2. The highest BCUT2D eigenvalue weighted by atomic mass is 16.4. The van der Waals surface area contributed by atoms with Crippen molar-refractivity contribution in [3.8, 4) is 0 Å². The lowest BCUT2D eigenvalue weighted by molar-refractivity contribution is -0.142. The van der Waals surface area contributed by atoms with E-state index in [9.17, 15) is 9.90 Å². The highest BCUT2D eigenvalue weighted by molar-refractivity contribution is 5.77. The van der Waals surface area contributed by atoms with Crippen molar-refractivity contribution in [3.63, 3.8) is 0 Å². The third-order valence-electron chi connectivity index (χ3n) is 4.71. The van der Waals surface area contributed by atoms with Crippen LogP contribution in [0, 0.1) is 11.8 Å². The van der Waals surface area contributed by atoms with E-state index in [-0.39, 0.29) is 11.8 Å². The Balaban J connectivity index is 2.04. The van der Waals surface area contributed by atoms with Crippen LogP contribution in [-0.4, -0.2) is 20.6 Å². The van der Waals surface area contributed by atoms with Gasteiger partial charge in [0.25, 0.3) is 0 Å². The molecule has 3 unspecified atom stereocenters. The van der Waals surface area contributed by atoms with Gasteiger partial charge >= 0.3 is 5.97 Å². The van der Waals surface area contributed by atoms with Gasteiger partial charge in [-0.25, -0.2) is 4.98 Å². The molecule has 1 aromatic heterocycles. The molecule has 1 aromatic carbocycles. The van der Waals surface area contributed by atoms with Crippen molar-refractivity contribution in [1.82, 2.24) is 9.55 Å². The number of hydrogen-bond acceptors (Lipinski definition) is 2. The fourth-order valence-corrected chi connectivity index (χ4v) is 3.53. The molecule has 1 aliphatic rings. The van der Waals surface area contributed by atoms with E-state index >= 15 is 0 Å². The van der Waals surface area contributed by atoms with E-state index < -0.39 is 5.97 Å². The van der Waals surface area contributed by atoms with Crippen LogP contribution in [0.3, 0.4) is 0 Å². The van der Waals surface area contributed by atoms with Gasteiger partial charge in [-0.1, -0.05) is 25.5 Å². The molecule has 0 saturated heterocycles. The first kappa shape index (κ1) is 13.2. The minimum atomic E-state index is -0.682. The van der Waals surface area contributed by atoms with Crippen molar-refractivity contribution in [1.29, 1.82) is 0 Å². The highest BCUT2D eigenvalue weighted by Gasteiger charge is 2.41. The number of benzene rings is 1. The standard InChI is InChI=1S/C16H20N2O2/c1-3-10-8-11(12(9-10)16(19)20)15-17-13-6-4-5-7-14(13)18(15)2/h4-7,10-12H,3,8-9H2,1-2H3,(H,19,20). The molecule has 0 radical (unpaired) electrons. The molecule has 0 aliphatic heterocycles. The van der Waals surface area contributed by atoms with Gasteiger partial charge in [-0.2, -0.15) is 0 Å². The van der Waals surface area contributed by atoms with E-state index in [1.165, 1.54) is 0 Å². The number of carboxylic acids is 1. The molecule has 1 saturated carbocycles. The molecule has 0 spiro atoms. The number of para-hydroxylation sites is 2. The molecule has 1 N–H and O–H groups in total. The first-order valence-electron chi connectivity index (χ1n) is 7.26. The van der Waals surface area contributed by atoms with Crippen LogP contribution in [0.2, 0.25) is 0 Å². The Labute approximate surface area is 118 Å². The maximum Gasteiger partial charge on any atom is 0.307 e. The molecular weight excluding hydrogens is 252 g/mol. The monoisotopic (exact) mass is 272 g/mol. The Morgan fingerprint density at radius 2 is 2.15 bits per heavy atom. The van der Waals surface area contributed by atoms with Crippen LogP contribution in [0.4, 0.5) is 0 Å². The molecular formula is C16H20N2O2. The van der Waals surface area contributed by atoms with E-state index in [0.29, 0.717) is 5.92 Å². The normalized spacial score (nSPS) is 26.2. The van der Waals surface area contributed by atoms with Crippen LogP contribution >= 0.6 is 0 Å². The molecule has 3 atom stereocenters. The van der Waals surface area contributed by atoms with Crippen molar-refractivity contribution in [2.24, 2.45) is 18.9 Å². The molecule has 106 valence electrons. The zero-order valence-corrected chi connectivity index (χ0v) is 11.9. The lowest BCUT2D eigenvalue weighted by Crippen LogP contribution is -2.19. The van der Waals surface area contributed by atoms with Gasteiger partial charge in [0.15, 0.2) is 0 Å². The van der Waals surface area contributed by atoms with Crippen LogP contribution in [0.1, 0.15) is 37.9 Å². The topological polar surface area (TPSA) is 55.1 Å². The second-order valence-electron chi connectivity index (χ2n) is 5.81. The number of fused-ring (bicyclic) bond motifs is 1. The third-order valence-corrected chi connectivity index (χ3v) is 4.71. The maximum absolute atomic E-state index is 11.5. The van der Waals surface area contributed by atoms with Crippen LogP contribution in [0.15, 0.2) is 24.3 Å². The number of aromatic nitrogens is 2. The summed E-state index contributed by atoms with van der Waals surface area (Å²) in [5.74, 6) is 0.485. The smallest absolute Gasteiger partial charge is 0.307 e. The fourth-order valence-electron chi connectivity index (χ4n) is 3.53. The number of aryl methyl sites for hydroxylation is 1. The quantitative estimate of drug-likeness (QED) is 0.933. The lowest BCUT2D eigenvalue weighted by atomic mass is 9.95. The Morgan fingerprint density at radius 3 is 2.80 bits per heavy atom. The number of aliphatic carboxylic acids is 1. The van der Waals surface area contributed by atoms with Crippen LogP contribution in [0.25, 0.3) is 11.0 Å². The zero-order chi connectivity index (χ0) is 14.3. The molecule has 4 heteroatoms. The number of carbonyl (C=O) groups is 1. The summed E-state index contributed by atoms with van der Waals surface area (Å²) in [6.07, 6.45) is 2.76. The van der Waals surface area contributed by atoms with E-state index in [1.54, 1.807) is 0 Å². The predicted molar refractivity (Wildman–Crippen MR) is 77.6 cm³/mol. The second-order valence-corrected chi connectivity index (χ2v) is 5.81. The van der Waals surface area contributed by atoms with Gasteiger partial charge in [0.05, 0.1) is 17.0 Å². The van der Waals surface area contributed by atoms with E-state index in [4.69, 9.17) is 4.98 Å². The molecule has 4 nitrogen and oxygen atoms in total. The Morgan fingerprint density at radius 1 is 1.40 bits per heavy atom. The molecule has 20 heavy (non-hydrogen) atoms. The van der Waals surface area contributed by atoms with Crippen LogP contribution < -0.4 is 0 Å². The van der Waals surface area contributed by atoms with E-state index in [1.807, 2.05) is 31.3 Å². The molecule has 2 aromatic rings. The van der Waals surface area contributed by atoms with Gasteiger partial charge in [0.2, 0.25) is 0 Å². The molecule has 1 fully saturated rings. The molecule has 0 amide bonds. The van der Waals surface area contributed by atoms with Gasteiger partial charge in [0, 0.05) is 13.0 Å². The lowest BCUT2D eigenvalue weighted by Gasteiger charge is -2.15. The third kappa shape index (κ3) is 1.99. The second kappa shape index (κ2) is 4.93. The van der Waals surface area contributed by atoms with Gasteiger partial charge < -0.3 is 9.67 Å². The van der Waals surface area contributed by atoms with Gasteiger partial charge in [-0.3, -0.25) is 4.79 Å². The first-order valence-corrected chi connectivity index (χ1v) is 7.26.